The molecule has 2 aromatic rings. The molecule has 0 bridgehead atoms. The molecule has 2 saturated heterocycles. The average molecular weight is 397 g/mol. The Labute approximate surface area is 169 Å². The summed E-state index contributed by atoms with van der Waals surface area (Å²) in [5, 5.41) is 7.33. The lowest BCUT2D eigenvalue weighted by molar-refractivity contribution is -0.144. The zero-order chi connectivity index (χ0) is 19.8. The van der Waals surface area contributed by atoms with E-state index in [9.17, 15) is 9.59 Å². The van der Waals surface area contributed by atoms with Crippen molar-refractivity contribution in [1.29, 1.82) is 0 Å². The van der Waals surface area contributed by atoms with Crippen molar-refractivity contribution >= 4 is 17.5 Å². The fourth-order valence-electron chi connectivity index (χ4n) is 4.29. The van der Waals surface area contributed by atoms with Crippen molar-refractivity contribution in [2.45, 2.75) is 44.4 Å². The van der Waals surface area contributed by atoms with Gasteiger partial charge in [-0.2, -0.15) is 0 Å². The summed E-state index contributed by atoms with van der Waals surface area (Å²) in [5.74, 6) is 0.978. The number of piperidine rings is 2. The van der Waals surface area contributed by atoms with E-state index in [1.807, 2.05) is 23.2 Å². The van der Waals surface area contributed by atoms with Gasteiger partial charge in [0.25, 0.3) is 0 Å². The van der Waals surface area contributed by atoms with Gasteiger partial charge in [-0.25, -0.2) is 9.50 Å². The Balaban J connectivity index is 1.12. The fraction of sp³-hybridized carbons (Fsp3) is 0.619. The SMILES string of the molecule is O=C1NCCCC1C(=O)N1CCC(COc2ccc3nc(C4CC4)cn3n2)CC1. The van der Waals surface area contributed by atoms with Crippen molar-refractivity contribution in [3.05, 3.63) is 24.0 Å². The predicted octanol–water partition coefficient (Wildman–Crippen LogP) is 1.75. The number of hydrogen-bond donors (Lipinski definition) is 1. The van der Waals surface area contributed by atoms with Crippen LogP contribution < -0.4 is 10.1 Å². The highest BCUT2D eigenvalue weighted by Crippen LogP contribution is 2.39. The lowest BCUT2D eigenvalue weighted by Crippen LogP contribution is -2.49. The molecule has 8 nitrogen and oxygen atoms in total. The number of amides is 2. The van der Waals surface area contributed by atoms with Gasteiger partial charge in [-0.3, -0.25) is 9.59 Å². The fourth-order valence-corrected chi connectivity index (χ4v) is 4.29. The third-order valence-electron chi connectivity index (χ3n) is 6.29. The second kappa shape index (κ2) is 7.65. The monoisotopic (exact) mass is 397 g/mol. The highest BCUT2D eigenvalue weighted by atomic mass is 16.5. The molecule has 1 saturated carbocycles. The van der Waals surface area contributed by atoms with Gasteiger partial charge < -0.3 is 15.0 Å². The summed E-state index contributed by atoms with van der Waals surface area (Å²) in [6.07, 6.45) is 7.77. The second-order valence-electron chi connectivity index (χ2n) is 8.48. The van der Waals surface area contributed by atoms with Gasteiger partial charge in [0, 0.05) is 31.6 Å². The van der Waals surface area contributed by atoms with Gasteiger partial charge in [0.15, 0.2) is 5.65 Å². The number of imidazole rings is 1. The number of fused-ring (bicyclic) bond motifs is 1. The Bertz CT molecular complexity index is 914. The van der Waals surface area contributed by atoms with Gasteiger partial charge in [0.05, 0.1) is 18.5 Å². The van der Waals surface area contributed by atoms with Crippen LogP contribution >= 0.6 is 0 Å². The first-order chi connectivity index (χ1) is 14.2. The minimum absolute atomic E-state index is 0.0136. The third-order valence-corrected chi connectivity index (χ3v) is 6.29. The molecule has 4 heterocycles. The van der Waals surface area contributed by atoms with E-state index >= 15 is 0 Å². The van der Waals surface area contributed by atoms with E-state index in [0.29, 0.717) is 50.4 Å². The number of nitrogens with one attached hydrogen (secondary N) is 1. The number of hydrogen-bond acceptors (Lipinski definition) is 5. The Morgan fingerprint density at radius 2 is 2.00 bits per heavy atom. The van der Waals surface area contributed by atoms with Gasteiger partial charge in [0.2, 0.25) is 17.7 Å². The molecular weight excluding hydrogens is 370 g/mol. The number of carbonyl (C=O) groups excluding carboxylic acids is 2. The summed E-state index contributed by atoms with van der Waals surface area (Å²) in [6.45, 7) is 2.65. The summed E-state index contributed by atoms with van der Waals surface area (Å²) in [5.41, 5.74) is 1.98. The van der Waals surface area contributed by atoms with Gasteiger partial charge >= 0.3 is 0 Å². The average Bonchev–Trinajstić information content (AvgIpc) is 3.51. The van der Waals surface area contributed by atoms with Crippen LogP contribution in [0, 0.1) is 11.8 Å². The predicted molar refractivity (Wildman–Crippen MR) is 105 cm³/mol. The zero-order valence-corrected chi connectivity index (χ0v) is 16.5. The molecule has 154 valence electrons. The molecule has 0 spiro atoms. The van der Waals surface area contributed by atoms with E-state index in [-0.39, 0.29) is 11.8 Å². The summed E-state index contributed by atoms with van der Waals surface area (Å²) < 4.78 is 7.75. The van der Waals surface area contributed by atoms with E-state index < -0.39 is 5.92 Å². The standard InChI is InChI=1S/C21H27N5O3/c27-20-16(2-1-9-22-20)21(28)25-10-7-14(8-11-25)13-29-19-6-5-18-23-17(15-3-4-15)12-26(18)24-19/h5-6,12,14-16H,1-4,7-11,13H2,(H,22,27). The van der Waals surface area contributed by atoms with Crippen LogP contribution in [0.25, 0.3) is 5.65 Å². The molecule has 8 heteroatoms. The quantitative estimate of drug-likeness (QED) is 0.777. The first kappa shape index (κ1) is 18.4. The molecule has 5 rings (SSSR count). The van der Waals surface area contributed by atoms with Crippen molar-refractivity contribution in [2.75, 3.05) is 26.2 Å². The van der Waals surface area contributed by atoms with Crippen LogP contribution in [0.4, 0.5) is 0 Å². The first-order valence-electron chi connectivity index (χ1n) is 10.7. The summed E-state index contributed by atoms with van der Waals surface area (Å²) in [7, 11) is 0. The minimum atomic E-state index is -0.497. The number of aromatic nitrogens is 3. The zero-order valence-electron chi connectivity index (χ0n) is 16.5. The topological polar surface area (TPSA) is 88.8 Å². The van der Waals surface area contributed by atoms with Crippen molar-refractivity contribution in [3.63, 3.8) is 0 Å². The lowest BCUT2D eigenvalue weighted by atomic mass is 9.93. The van der Waals surface area contributed by atoms with Crippen molar-refractivity contribution in [3.8, 4) is 5.88 Å². The summed E-state index contributed by atoms with van der Waals surface area (Å²) in [4.78, 5) is 31.1. The van der Waals surface area contributed by atoms with Crippen LogP contribution in [0.15, 0.2) is 18.3 Å². The number of ether oxygens (including phenoxy) is 1. The molecular formula is C21H27N5O3. The molecule has 1 atom stereocenters. The Hall–Kier alpha value is -2.64. The van der Waals surface area contributed by atoms with Crippen LogP contribution in [-0.2, 0) is 9.59 Å². The van der Waals surface area contributed by atoms with Crippen LogP contribution in [0.2, 0.25) is 0 Å². The summed E-state index contributed by atoms with van der Waals surface area (Å²) in [6, 6.07) is 3.82. The molecule has 1 unspecified atom stereocenters. The third kappa shape index (κ3) is 3.93. The van der Waals surface area contributed by atoms with Crippen LogP contribution in [0.1, 0.15) is 50.1 Å². The van der Waals surface area contributed by atoms with Crippen LogP contribution in [0.3, 0.4) is 0 Å². The van der Waals surface area contributed by atoms with Gasteiger partial charge in [-0.1, -0.05) is 0 Å². The van der Waals surface area contributed by atoms with Gasteiger partial charge in [-0.05, 0) is 50.5 Å². The molecule has 3 aliphatic rings. The number of nitrogens with zero attached hydrogens (tertiary/aromatic N) is 4. The maximum atomic E-state index is 12.6. The Kier molecular flexibility index (Phi) is 4.85. The minimum Gasteiger partial charge on any atom is -0.476 e. The van der Waals surface area contributed by atoms with E-state index in [1.54, 1.807) is 4.52 Å². The number of carbonyl (C=O) groups is 2. The van der Waals surface area contributed by atoms with E-state index in [0.717, 1.165) is 30.6 Å². The van der Waals surface area contributed by atoms with Crippen molar-refractivity contribution in [2.24, 2.45) is 11.8 Å². The largest absolute Gasteiger partial charge is 0.476 e. The van der Waals surface area contributed by atoms with Crippen molar-refractivity contribution < 1.29 is 14.3 Å². The van der Waals surface area contributed by atoms with E-state index in [1.165, 1.54) is 12.8 Å². The van der Waals surface area contributed by atoms with Crippen molar-refractivity contribution in [1.82, 2.24) is 24.8 Å². The van der Waals surface area contributed by atoms with Crippen LogP contribution in [0.5, 0.6) is 5.88 Å². The van der Waals surface area contributed by atoms with E-state index in [2.05, 4.69) is 15.4 Å². The lowest BCUT2D eigenvalue weighted by Gasteiger charge is -2.34. The molecule has 2 aliphatic heterocycles. The highest BCUT2D eigenvalue weighted by Gasteiger charge is 2.34. The molecule has 0 radical (unpaired) electrons. The van der Waals surface area contributed by atoms with Crippen LogP contribution in [-0.4, -0.2) is 57.6 Å². The number of rotatable bonds is 5. The molecule has 2 aromatic heterocycles. The normalized spacial score (nSPS) is 23.2. The molecule has 1 N–H and O–H groups in total. The maximum Gasteiger partial charge on any atom is 0.235 e. The highest BCUT2D eigenvalue weighted by molar-refractivity contribution is 6.00. The maximum absolute atomic E-state index is 12.6. The Morgan fingerprint density at radius 1 is 1.17 bits per heavy atom. The molecule has 3 fully saturated rings. The van der Waals surface area contributed by atoms with Gasteiger partial charge in [-0.15, -0.1) is 5.10 Å². The molecule has 2 amide bonds. The summed E-state index contributed by atoms with van der Waals surface area (Å²) >= 11 is 0. The molecule has 29 heavy (non-hydrogen) atoms. The number of likely N-dealkylation sites (tertiary alicyclic amines) is 1. The van der Waals surface area contributed by atoms with Gasteiger partial charge in [0.1, 0.15) is 5.92 Å². The smallest absolute Gasteiger partial charge is 0.235 e. The Morgan fingerprint density at radius 3 is 2.76 bits per heavy atom. The second-order valence-corrected chi connectivity index (χ2v) is 8.48. The molecule has 1 aliphatic carbocycles. The first-order valence-corrected chi connectivity index (χ1v) is 10.7. The molecule has 0 aromatic carbocycles. The van der Waals surface area contributed by atoms with E-state index in [4.69, 9.17) is 4.74 Å².